The van der Waals surface area contributed by atoms with E-state index in [2.05, 4.69) is 17.2 Å². The number of benzene rings is 1. The molecule has 6 heteroatoms. The molecule has 1 amide bonds. The van der Waals surface area contributed by atoms with E-state index in [0.29, 0.717) is 17.7 Å². The number of nitrogens with one attached hydrogen (secondary N) is 1. The van der Waals surface area contributed by atoms with E-state index in [1.54, 1.807) is 17.5 Å². The van der Waals surface area contributed by atoms with E-state index in [4.69, 9.17) is 0 Å². The Morgan fingerprint density at radius 2 is 2.29 bits per heavy atom. The lowest BCUT2D eigenvalue weighted by atomic mass is 10.1. The van der Waals surface area contributed by atoms with Gasteiger partial charge in [0.1, 0.15) is 11.5 Å². The molecule has 0 radical (unpaired) electrons. The highest BCUT2D eigenvalue weighted by atomic mass is 32.1. The number of aromatic nitrogens is 1. The van der Waals surface area contributed by atoms with Gasteiger partial charge in [-0.2, -0.15) is 0 Å². The maximum atomic E-state index is 13.8. The molecule has 2 heterocycles. The van der Waals surface area contributed by atoms with Crippen molar-refractivity contribution in [3.05, 3.63) is 51.7 Å². The number of halogens is 1. The summed E-state index contributed by atoms with van der Waals surface area (Å²) in [6.07, 6.45) is 2.33. The highest BCUT2D eigenvalue weighted by Crippen LogP contribution is 2.20. The number of carbonyl (C=O) groups is 1. The van der Waals surface area contributed by atoms with Crippen molar-refractivity contribution in [2.75, 3.05) is 19.6 Å². The van der Waals surface area contributed by atoms with Crippen LogP contribution < -0.4 is 5.32 Å². The lowest BCUT2D eigenvalue weighted by molar-refractivity contribution is 0.0687. The monoisotopic (exact) mass is 347 g/mol. The fourth-order valence-corrected chi connectivity index (χ4v) is 3.83. The molecule has 1 atom stereocenters. The van der Waals surface area contributed by atoms with Gasteiger partial charge in [0, 0.05) is 30.9 Å². The normalized spacial score (nSPS) is 17.2. The van der Waals surface area contributed by atoms with Gasteiger partial charge in [0.25, 0.3) is 5.91 Å². The van der Waals surface area contributed by atoms with Crippen molar-refractivity contribution >= 4 is 17.2 Å². The SMILES string of the molecule is CCCN(C(=O)c1csc(Cc2ccccc2F)n1)C1CCNC1. The van der Waals surface area contributed by atoms with Gasteiger partial charge in [0.05, 0.1) is 5.01 Å². The first kappa shape index (κ1) is 17.0. The van der Waals surface area contributed by atoms with Crippen molar-refractivity contribution in [2.24, 2.45) is 0 Å². The summed E-state index contributed by atoms with van der Waals surface area (Å²) in [5.41, 5.74) is 1.09. The molecular formula is C18H22FN3OS. The van der Waals surface area contributed by atoms with Crippen molar-refractivity contribution in [2.45, 2.75) is 32.2 Å². The first-order chi connectivity index (χ1) is 11.7. The summed E-state index contributed by atoms with van der Waals surface area (Å²) in [5.74, 6) is -0.244. The highest BCUT2D eigenvalue weighted by Gasteiger charge is 2.28. The van der Waals surface area contributed by atoms with Crippen LogP contribution in [0.15, 0.2) is 29.6 Å². The van der Waals surface area contributed by atoms with Crippen LogP contribution in [0, 0.1) is 5.82 Å². The Bertz CT molecular complexity index is 697. The van der Waals surface area contributed by atoms with E-state index in [1.165, 1.54) is 17.4 Å². The molecule has 1 N–H and O–H groups in total. The zero-order chi connectivity index (χ0) is 16.9. The standard InChI is InChI=1S/C18H22FN3OS/c1-2-9-22(14-7-8-20-11-14)18(23)16-12-24-17(21-16)10-13-5-3-4-6-15(13)19/h3-6,12,14,20H,2,7-11H2,1H3. The number of carbonyl (C=O) groups excluding carboxylic acids is 1. The van der Waals surface area contributed by atoms with Crippen LogP contribution in [0.25, 0.3) is 0 Å². The van der Waals surface area contributed by atoms with Gasteiger partial charge in [-0.15, -0.1) is 11.3 Å². The predicted molar refractivity (Wildman–Crippen MR) is 93.9 cm³/mol. The average molecular weight is 347 g/mol. The third-order valence-electron chi connectivity index (χ3n) is 4.27. The predicted octanol–water partition coefficient (Wildman–Crippen LogP) is 3.09. The number of rotatable bonds is 6. The fraction of sp³-hybridized carbons (Fsp3) is 0.444. The summed E-state index contributed by atoms with van der Waals surface area (Å²) < 4.78 is 13.8. The molecule has 1 fully saturated rings. The van der Waals surface area contributed by atoms with E-state index < -0.39 is 0 Å². The fourth-order valence-electron chi connectivity index (χ4n) is 3.04. The van der Waals surface area contributed by atoms with Gasteiger partial charge < -0.3 is 10.2 Å². The highest BCUT2D eigenvalue weighted by molar-refractivity contribution is 7.09. The van der Waals surface area contributed by atoms with Gasteiger partial charge in [0.15, 0.2) is 0 Å². The quantitative estimate of drug-likeness (QED) is 0.873. The van der Waals surface area contributed by atoms with E-state index in [-0.39, 0.29) is 17.8 Å². The van der Waals surface area contributed by atoms with Crippen molar-refractivity contribution in [1.82, 2.24) is 15.2 Å². The van der Waals surface area contributed by atoms with Crippen LogP contribution in [0.2, 0.25) is 0 Å². The summed E-state index contributed by atoms with van der Waals surface area (Å²) in [6, 6.07) is 6.94. The maximum Gasteiger partial charge on any atom is 0.273 e. The molecule has 2 aromatic rings. The van der Waals surface area contributed by atoms with E-state index >= 15 is 0 Å². The number of amides is 1. The van der Waals surface area contributed by atoms with Gasteiger partial charge >= 0.3 is 0 Å². The Hall–Kier alpha value is -1.79. The van der Waals surface area contributed by atoms with Crippen molar-refractivity contribution in [3.63, 3.8) is 0 Å². The number of hydrogen-bond donors (Lipinski definition) is 1. The molecule has 1 unspecified atom stereocenters. The van der Waals surface area contributed by atoms with Crippen molar-refractivity contribution < 1.29 is 9.18 Å². The Morgan fingerprint density at radius 3 is 3.00 bits per heavy atom. The lowest BCUT2D eigenvalue weighted by Crippen LogP contribution is -2.42. The molecule has 1 aliphatic heterocycles. The van der Waals surface area contributed by atoms with E-state index in [0.717, 1.165) is 37.5 Å². The second kappa shape index (κ2) is 7.85. The van der Waals surface area contributed by atoms with Gasteiger partial charge in [-0.25, -0.2) is 9.37 Å². The Balaban J connectivity index is 1.73. The molecule has 0 bridgehead atoms. The summed E-state index contributed by atoms with van der Waals surface area (Å²) in [6.45, 7) is 4.62. The van der Waals surface area contributed by atoms with Gasteiger partial charge in [0.2, 0.25) is 0 Å². The summed E-state index contributed by atoms with van der Waals surface area (Å²) in [7, 11) is 0. The second-order valence-electron chi connectivity index (χ2n) is 6.04. The first-order valence-corrected chi connectivity index (χ1v) is 9.26. The molecule has 128 valence electrons. The molecule has 0 saturated carbocycles. The van der Waals surface area contributed by atoms with Crippen LogP contribution >= 0.6 is 11.3 Å². The molecule has 1 aromatic heterocycles. The van der Waals surface area contributed by atoms with Crippen LogP contribution in [-0.2, 0) is 6.42 Å². The van der Waals surface area contributed by atoms with E-state index in [9.17, 15) is 9.18 Å². The number of nitrogens with zero attached hydrogens (tertiary/aromatic N) is 2. The Morgan fingerprint density at radius 1 is 1.46 bits per heavy atom. The number of hydrogen-bond acceptors (Lipinski definition) is 4. The van der Waals surface area contributed by atoms with Crippen molar-refractivity contribution in [3.8, 4) is 0 Å². The van der Waals surface area contributed by atoms with Gasteiger partial charge in [-0.3, -0.25) is 4.79 Å². The molecule has 4 nitrogen and oxygen atoms in total. The van der Waals surface area contributed by atoms with Crippen LogP contribution in [0.1, 0.15) is 40.8 Å². The Kier molecular flexibility index (Phi) is 5.58. The molecule has 3 rings (SSSR count). The third-order valence-corrected chi connectivity index (χ3v) is 5.12. The van der Waals surface area contributed by atoms with Gasteiger partial charge in [-0.05, 0) is 31.0 Å². The molecule has 24 heavy (non-hydrogen) atoms. The minimum Gasteiger partial charge on any atom is -0.333 e. The minimum atomic E-state index is -0.231. The largest absolute Gasteiger partial charge is 0.333 e. The molecular weight excluding hydrogens is 325 g/mol. The van der Waals surface area contributed by atoms with E-state index in [1.807, 2.05) is 11.0 Å². The molecule has 1 aromatic carbocycles. The van der Waals surface area contributed by atoms with Crippen molar-refractivity contribution in [1.29, 1.82) is 0 Å². The third kappa shape index (κ3) is 3.82. The lowest BCUT2D eigenvalue weighted by Gasteiger charge is -2.27. The van der Waals surface area contributed by atoms with Crippen LogP contribution in [0.3, 0.4) is 0 Å². The zero-order valence-corrected chi connectivity index (χ0v) is 14.6. The van der Waals surface area contributed by atoms with Crippen LogP contribution in [0.4, 0.5) is 4.39 Å². The summed E-state index contributed by atoms with van der Waals surface area (Å²) in [5, 5.41) is 5.87. The molecule has 1 aliphatic rings. The maximum absolute atomic E-state index is 13.8. The minimum absolute atomic E-state index is 0.0124. The van der Waals surface area contributed by atoms with Crippen LogP contribution in [-0.4, -0.2) is 41.5 Å². The first-order valence-electron chi connectivity index (χ1n) is 8.38. The summed E-state index contributed by atoms with van der Waals surface area (Å²) in [4.78, 5) is 19.2. The summed E-state index contributed by atoms with van der Waals surface area (Å²) >= 11 is 1.42. The smallest absolute Gasteiger partial charge is 0.273 e. The van der Waals surface area contributed by atoms with Crippen LogP contribution in [0.5, 0.6) is 0 Å². The number of thiazole rings is 1. The topological polar surface area (TPSA) is 45.2 Å². The zero-order valence-electron chi connectivity index (χ0n) is 13.8. The average Bonchev–Trinajstić information content (AvgIpc) is 3.26. The molecule has 0 aliphatic carbocycles. The second-order valence-corrected chi connectivity index (χ2v) is 6.98. The molecule has 0 spiro atoms. The Labute approximate surface area is 145 Å². The van der Waals surface area contributed by atoms with Gasteiger partial charge in [-0.1, -0.05) is 25.1 Å². The molecule has 1 saturated heterocycles.